The molecule has 1 aliphatic rings. The molecule has 1 saturated heterocycles. The first-order valence-corrected chi connectivity index (χ1v) is 7.94. The number of hydrogen-bond donors (Lipinski definition) is 1. The molecule has 8 heteroatoms. The van der Waals surface area contributed by atoms with Gasteiger partial charge in [-0.3, -0.25) is 4.79 Å². The largest absolute Gasteiger partial charge is 0.416 e. The lowest BCUT2D eigenvalue weighted by atomic mass is 10.1. The van der Waals surface area contributed by atoms with Crippen LogP contribution in [0, 0.1) is 12.8 Å². The lowest BCUT2D eigenvalue weighted by Gasteiger charge is -2.11. The molecule has 3 rings (SSSR count). The molecule has 0 bridgehead atoms. The lowest BCUT2D eigenvalue weighted by Crippen LogP contribution is -2.29. The second-order valence-electron chi connectivity index (χ2n) is 6.04. The number of halogens is 3. The highest BCUT2D eigenvalue weighted by Gasteiger charge is 2.30. The Morgan fingerprint density at radius 3 is 2.92 bits per heavy atom. The van der Waals surface area contributed by atoms with E-state index < -0.39 is 11.7 Å². The van der Waals surface area contributed by atoms with Crippen molar-refractivity contribution in [3.8, 4) is 5.69 Å². The third-order valence-corrected chi connectivity index (χ3v) is 4.25. The molecule has 1 fully saturated rings. The summed E-state index contributed by atoms with van der Waals surface area (Å²) < 4.78 is 45.2. The van der Waals surface area contributed by atoms with Crippen LogP contribution in [0.15, 0.2) is 30.5 Å². The van der Waals surface area contributed by atoms with Crippen LogP contribution < -0.4 is 5.32 Å². The molecule has 134 valence electrons. The van der Waals surface area contributed by atoms with Crippen molar-refractivity contribution in [2.75, 3.05) is 19.8 Å². The molecule has 1 amide bonds. The van der Waals surface area contributed by atoms with Crippen molar-refractivity contribution in [2.24, 2.45) is 5.92 Å². The average Bonchev–Trinajstić information content (AvgIpc) is 3.21. The van der Waals surface area contributed by atoms with Gasteiger partial charge < -0.3 is 10.1 Å². The Labute approximate surface area is 142 Å². The predicted molar refractivity (Wildman–Crippen MR) is 84.6 cm³/mol. The fourth-order valence-electron chi connectivity index (χ4n) is 2.78. The Morgan fingerprint density at radius 1 is 1.44 bits per heavy atom. The number of ether oxygens (including phenoxy) is 1. The topological polar surface area (TPSA) is 56.1 Å². The van der Waals surface area contributed by atoms with E-state index in [2.05, 4.69) is 10.4 Å². The molecule has 2 heterocycles. The smallest absolute Gasteiger partial charge is 0.381 e. The maximum atomic E-state index is 12.9. The number of carbonyl (C=O) groups is 1. The molecule has 1 atom stereocenters. The van der Waals surface area contributed by atoms with E-state index in [0.29, 0.717) is 36.9 Å². The van der Waals surface area contributed by atoms with Crippen LogP contribution in [0.25, 0.3) is 5.69 Å². The summed E-state index contributed by atoms with van der Waals surface area (Å²) in [6.07, 6.45) is -2.15. The molecule has 2 aromatic rings. The van der Waals surface area contributed by atoms with E-state index in [1.165, 1.54) is 23.0 Å². The molecule has 1 N–H and O–H groups in total. The number of rotatable bonds is 4. The first-order valence-electron chi connectivity index (χ1n) is 7.94. The highest BCUT2D eigenvalue weighted by molar-refractivity contribution is 5.95. The third kappa shape index (κ3) is 3.84. The SMILES string of the molecule is Cc1c(C(=O)NC[C@@H]2CCOC2)cnn1-c1cccc(C(F)(F)F)c1. The van der Waals surface area contributed by atoms with E-state index in [1.54, 1.807) is 6.92 Å². The predicted octanol–water partition coefficient (Wildman–Crippen LogP) is 2.97. The third-order valence-electron chi connectivity index (χ3n) is 4.25. The summed E-state index contributed by atoms with van der Waals surface area (Å²) in [6.45, 7) is 3.49. The van der Waals surface area contributed by atoms with Crippen LogP contribution in [0.1, 0.15) is 28.0 Å². The van der Waals surface area contributed by atoms with E-state index >= 15 is 0 Å². The minimum Gasteiger partial charge on any atom is -0.381 e. The average molecular weight is 353 g/mol. The molecule has 1 aliphatic heterocycles. The van der Waals surface area contributed by atoms with Gasteiger partial charge in [0.25, 0.3) is 5.91 Å². The van der Waals surface area contributed by atoms with Crippen LogP contribution in [0.3, 0.4) is 0 Å². The highest BCUT2D eigenvalue weighted by Crippen LogP contribution is 2.30. The van der Waals surface area contributed by atoms with Crippen LogP contribution in [0.5, 0.6) is 0 Å². The van der Waals surface area contributed by atoms with Gasteiger partial charge in [-0.2, -0.15) is 18.3 Å². The van der Waals surface area contributed by atoms with E-state index in [-0.39, 0.29) is 11.6 Å². The number of nitrogens with zero attached hydrogens (tertiary/aromatic N) is 2. The van der Waals surface area contributed by atoms with Crippen molar-refractivity contribution >= 4 is 5.91 Å². The van der Waals surface area contributed by atoms with Crippen molar-refractivity contribution in [3.05, 3.63) is 47.3 Å². The Bertz CT molecular complexity index is 765. The van der Waals surface area contributed by atoms with Crippen molar-refractivity contribution in [1.29, 1.82) is 0 Å². The van der Waals surface area contributed by atoms with Gasteiger partial charge in [0.15, 0.2) is 0 Å². The van der Waals surface area contributed by atoms with Crippen molar-refractivity contribution in [3.63, 3.8) is 0 Å². The normalized spacial score (nSPS) is 17.7. The molecule has 0 spiro atoms. The molecular weight excluding hydrogens is 335 g/mol. The van der Waals surface area contributed by atoms with Crippen LogP contribution in [0.2, 0.25) is 0 Å². The zero-order valence-corrected chi connectivity index (χ0v) is 13.6. The minimum absolute atomic E-state index is 0.260. The summed E-state index contributed by atoms with van der Waals surface area (Å²) in [5, 5.41) is 6.90. The fraction of sp³-hybridized carbons (Fsp3) is 0.412. The van der Waals surface area contributed by atoms with Gasteiger partial charge in [0.1, 0.15) is 0 Å². The second-order valence-corrected chi connectivity index (χ2v) is 6.04. The zero-order valence-electron chi connectivity index (χ0n) is 13.6. The van der Waals surface area contributed by atoms with Crippen LogP contribution in [0.4, 0.5) is 13.2 Å². The molecule has 5 nitrogen and oxygen atoms in total. The van der Waals surface area contributed by atoms with Gasteiger partial charge in [-0.15, -0.1) is 0 Å². The van der Waals surface area contributed by atoms with Gasteiger partial charge >= 0.3 is 6.18 Å². The number of alkyl halides is 3. The van der Waals surface area contributed by atoms with Crippen LogP contribution >= 0.6 is 0 Å². The number of benzene rings is 1. The maximum absolute atomic E-state index is 12.9. The number of nitrogens with one attached hydrogen (secondary N) is 1. The summed E-state index contributed by atoms with van der Waals surface area (Å²) in [4.78, 5) is 12.3. The summed E-state index contributed by atoms with van der Waals surface area (Å²) >= 11 is 0. The van der Waals surface area contributed by atoms with E-state index in [1.807, 2.05) is 0 Å². The summed E-state index contributed by atoms with van der Waals surface area (Å²) in [5.41, 5.74) is 0.332. The molecule has 0 saturated carbocycles. The van der Waals surface area contributed by atoms with Crippen molar-refractivity contribution < 1.29 is 22.7 Å². The lowest BCUT2D eigenvalue weighted by molar-refractivity contribution is -0.137. The maximum Gasteiger partial charge on any atom is 0.416 e. The van der Waals surface area contributed by atoms with Crippen molar-refractivity contribution in [1.82, 2.24) is 15.1 Å². The number of amides is 1. The molecule has 25 heavy (non-hydrogen) atoms. The van der Waals surface area contributed by atoms with Gasteiger partial charge in [0.05, 0.1) is 35.3 Å². The molecular formula is C17H18F3N3O2. The van der Waals surface area contributed by atoms with Gasteiger partial charge in [-0.25, -0.2) is 4.68 Å². The minimum atomic E-state index is -4.43. The van der Waals surface area contributed by atoms with Gasteiger partial charge in [-0.05, 0) is 31.5 Å². The number of hydrogen-bond acceptors (Lipinski definition) is 3. The Balaban J connectivity index is 1.77. The number of aromatic nitrogens is 2. The highest BCUT2D eigenvalue weighted by atomic mass is 19.4. The molecule has 1 aromatic carbocycles. The van der Waals surface area contributed by atoms with E-state index in [4.69, 9.17) is 4.74 Å². The van der Waals surface area contributed by atoms with Gasteiger partial charge in [-0.1, -0.05) is 6.07 Å². The van der Waals surface area contributed by atoms with Crippen LogP contribution in [-0.2, 0) is 10.9 Å². The standard InChI is InChI=1S/C17H18F3N3O2/c1-11-15(16(24)21-8-12-5-6-25-10-12)9-22-23(11)14-4-2-3-13(7-14)17(18,19)20/h2-4,7,9,12H,5-6,8,10H2,1H3,(H,21,24)/t12-/m0/s1. The van der Waals surface area contributed by atoms with Crippen molar-refractivity contribution in [2.45, 2.75) is 19.5 Å². The Morgan fingerprint density at radius 2 is 2.24 bits per heavy atom. The van der Waals surface area contributed by atoms with Gasteiger partial charge in [0.2, 0.25) is 0 Å². The zero-order chi connectivity index (χ0) is 18.0. The Hall–Kier alpha value is -2.35. The Kier molecular flexibility index (Phi) is 4.80. The van der Waals surface area contributed by atoms with E-state index in [9.17, 15) is 18.0 Å². The summed E-state index contributed by atoms with van der Waals surface area (Å²) in [6, 6.07) is 4.85. The second kappa shape index (κ2) is 6.87. The van der Waals surface area contributed by atoms with E-state index in [0.717, 1.165) is 18.6 Å². The summed E-state index contributed by atoms with van der Waals surface area (Å²) in [7, 11) is 0. The quantitative estimate of drug-likeness (QED) is 0.919. The first kappa shape index (κ1) is 17.5. The summed E-state index contributed by atoms with van der Waals surface area (Å²) in [5.74, 6) is 0.00499. The molecule has 0 aliphatic carbocycles. The van der Waals surface area contributed by atoms with Crippen LogP contribution in [-0.4, -0.2) is 35.4 Å². The number of carbonyl (C=O) groups excluding carboxylic acids is 1. The fourth-order valence-corrected chi connectivity index (χ4v) is 2.78. The van der Waals surface area contributed by atoms with Gasteiger partial charge in [0, 0.05) is 19.1 Å². The molecule has 0 unspecified atom stereocenters. The monoisotopic (exact) mass is 353 g/mol. The molecule has 1 aromatic heterocycles. The molecule has 0 radical (unpaired) electrons. The first-order chi connectivity index (χ1) is 11.9.